The van der Waals surface area contributed by atoms with Crippen LogP contribution < -0.4 is 10.6 Å². The van der Waals surface area contributed by atoms with Gasteiger partial charge in [0.2, 0.25) is 0 Å². The molecule has 0 bridgehead atoms. The lowest BCUT2D eigenvalue weighted by molar-refractivity contribution is -0.194. The number of nitrogens with zero attached hydrogens (tertiary/aromatic N) is 1. The highest BCUT2D eigenvalue weighted by atomic mass is 17.2. The summed E-state index contributed by atoms with van der Waals surface area (Å²) < 4.78 is 0. The third-order valence-electron chi connectivity index (χ3n) is 1.33. The van der Waals surface area contributed by atoms with Gasteiger partial charge in [0.25, 0.3) is 0 Å². The number of nitrogens with two attached hydrogens (primary N) is 1. The molecule has 4 nitrogen and oxygen atoms in total. The molecule has 52 valence electrons. The van der Waals surface area contributed by atoms with Crippen LogP contribution in [0.15, 0.2) is 12.3 Å². The zero-order valence-electron chi connectivity index (χ0n) is 5.20. The lowest BCUT2D eigenvalue weighted by Gasteiger charge is -1.93. The predicted octanol–water partition coefficient (Wildman–Crippen LogP) is 0.488. The first-order valence-corrected chi connectivity index (χ1v) is 2.90. The molecule has 0 fully saturated rings. The van der Waals surface area contributed by atoms with Crippen LogP contribution in [-0.2, 0) is 11.5 Å². The fraction of sp³-hybridized carbons (Fsp3) is 0.167. The van der Waals surface area contributed by atoms with Crippen molar-refractivity contribution in [3.8, 4) is 5.75 Å². The SMILES string of the molecule is Nc1cc2c(cn1)OOC2. The third kappa shape index (κ3) is 0.698. The van der Waals surface area contributed by atoms with Crippen molar-refractivity contribution in [3.05, 3.63) is 17.8 Å². The summed E-state index contributed by atoms with van der Waals surface area (Å²) in [4.78, 5) is 13.2. The van der Waals surface area contributed by atoms with Crippen LogP contribution in [0.5, 0.6) is 5.75 Å². The number of hydrogen-bond acceptors (Lipinski definition) is 4. The second-order valence-corrected chi connectivity index (χ2v) is 2.06. The number of rotatable bonds is 0. The lowest BCUT2D eigenvalue weighted by Crippen LogP contribution is -1.89. The van der Waals surface area contributed by atoms with Crippen molar-refractivity contribution in [3.63, 3.8) is 0 Å². The molecule has 0 aliphatic carbocycles. The van der Waals surface area contributed by atoms with E-state index in [-0.39, 0.29) is 0 Å². The summed E-state index contributed by atoms with van der Waals surface area (Å²) in [5.41, 5.74) is 6.36. The van der Waals surface area contributed by atoms with E-state index in [1.54, 1.807) is 12.3 Å². The topological polar surface area (TPSA) is 57.4 Å². The maximum atomic E-state index is 5.41. The summed E-state index contributed by atoms with van der Waals surface area (Å²) >= 11 is 0. The van der Waals surface area contributed by atoms with Crippen LogP contribution in [0.4, 0.5) is 5.82 Å². The van der Waals surface area contributed by atoms with E-state index < -0.39 is 0 Å². The Kier molecular flexibility index (Phi) is 1.01. The van der Waals surface area contributed by atoms with E-state index in [4.69, 9.17) is 10.6 Å². The molecule has 1 aliphatic heterocycles. The van der Waals surface area contributed by atoms with Gasteiger partial charge in [-0.1, -0.05) is 0 Å². The Morgan fingerprint density at radius 1 is 1.60 bits per heavy atom. The monoisotopic (exact) mass is 138 g/mol. The van der Waals surface area contributed by atoms with E-state index in [1.807, 2.05) is 0 Å². The second kappa shape index (κ2) is 1.85. The number of pyridine rings is 1. The molecule has 0 radical (unpaired) electrons. The lowest BCUT2D eigenvalue weighted by atomic mass is 10.2. The van der Waals surface area contributed by atoms with Crippen LogP contribution in [0, 0.1) is 0 Å². The Balaban J connectivity index is 2.52. The molecule has 0 saturated carbocycles. The van der Waals surface area contributed by atoms with E-state index in [1.165, 1.54) is 0 Å². The Hall–Kier alpha value is -1.29. The van der Waals surface area contributed by atoms with Gasteiger partial charge in [-0.05, 0) is 6.07 Å². The minimum atomic E-state index is 0.460. The van der Waals surface area contributed by atoms with Gasteiger partial charge in [0.15, 0.2) is 5.75 Å². The minimum Gasteiger partial charge on any atom is -0.384 e. The van der Waals surface area contributed by atoms with Gasteiger partial charge >= 0.3 is 0 Å². The van der Waals surface area contributed by atoms with Crippen molar-refractivity contribution >= 4 is 5.82 Å². The maximum Gasteiger partial charge on any atom is 0.189 e. The standard InChI is InChI=1S/C6H6N2O2/c7-6-1-4-3-9-10-5(4)2-8-6/h1-2H,3H2,(H2,7,8). The van der Waals surface area contributed by atoms with Gasteiger partial charge in [-0.3, -0.25) is 0 Å². The molecule has 2 rings (SSSR count). The Bertz CT molecular complexity index is 262. The van der Waals surface area contributed by atoms with Crippen molar-refractivity contribution in [2.24, 2.45) is 0 Å². The van der Waals surface area contributed by atoms with E-state index >= 15 is 0 Å². The highest BCUT2D eigenvalue weighted by molar-refractivity contribution is 5.41. The fourth-order valence-corrected chi connectivity index (χ4v) is 0.847. The Labute approximate surface area is 57.5 Å². The third-order valence-corrected chi connectivity index (χ3v) is 1.33. The van der Waals surface area contributed by atoms with Crippen LogP contribution in [0.1, 0.15) is 5.56 Å². The Morgan fingerprint density at radius 3 is 3.40 bits per heavy atom. The second-order valence-electron chi connectivity index (χ2n) is 2.06. The van der Waals surface area contributed by atoms with Gasteiger partial charge in [0, 0.05) is 5.56 Å². The molecule has 0 saturated heterocycles. The van der Waals surface area contributed by atoms with E-state index in [9.17, 15) is 0 Å². The average molecular weight is 138 g/mol. The zero-order chi connectivity index (χ0) is 6.97. The number of nitrogen functional groups attached to an aromatic ring is 1. The number of aromatic nitrogens is 1. The van der Waals surface area contributed by atoms with Crippen molar-refractivity contribution < 1.29 is 9.78 Å². The van der Waals surface area contributed by atoms with Crippen molar-refractivity contribution in [1.29, 1.82) is 0 Å². The van der Waals surface area contributed by atoms with Gasteiger partial charge in [0.1, 0.15) is 12.4 Å². The van der Waals surface area contributed by atoms with Gasteiger partial charge in [-0.15, -0.1) is 0 Å². The van der Waals surface area contributed by atoms with E-state index in [0.29, 0.717) is 18.2 Å². The molecule has 1 aliphatic rings. The quantitative estimate of drug-likeness (QED) is 0.530. The number of anilines is 1. The molecule has 0 spiro atoms. The molecule has 10 heavy (non-hydrogen) atoms. The molecule has 2 heterocycles. The van der Waals surface area contributed by atoms with Crippen molar-refractivity contribution in [2.45, 2.75) is 6.61 Å². The molecule has 0 amide bonds. The molecule has 1 aromatic heterocycles. The summed E-state index contributed by atoms with van der Waals surface area (Å²) in [6.45, 7) is 0.460. The van der Waals surface area contributed by atoms with Gasteiger partial charge in [0.05, 0.1) is 6.20 Å². The van der Waals surface area contributed by atoms with Gasteiger partial charge in [-0.25, -0.2) is 4.98 Å². The van der Waals surface area contributed by atoms with Gasteiger partial charge in [-0.2, -0.15) is 4.89 Å². The molecule has 0 atom stereocenters. The predicted molar refractivity (Wildman–Crippen MR) is 34.1 cm³/mol. The fourth-order valence-electron chi connectivity index (χ4n) is 0.847. The molecule has 1 aromatic rings. The van der Waals surface area contributed by atoms with Crippen LogP contribution in [0.25, 0.3) is 0 Å². The molecule has 0 aromatic carbocycles. The number of hydrogen-bond donors (Lipinski definition) is 1. The maximum absolute atomic E-state index is 5.41. The highest BCUT2D eigenvalue weighted by Gasteiger charge is 2.13. The molecule has 4 heteroatoms. The summed E-state index contributed by atoms with van der Waals surface area (Å²) in [6.07, 6.45) is 1.55. The Morgan fingerprint density at radius 2 is 2.50 bits per heavy atom. The zero-order valence-corrected chi connectivity index (χ0v) is 5.20. The van der Waals surface area contributed by atoms with Crippen LogP contribution in [-0.4, -0.2) is 4.98 Å². The molecule has 2 N–H and O–H groups in total. The average Bonchev–Trinajstić information content (AvgIpc) is 2.33. The van der Waals surface area contributed by atoms with E-state index in [0.717, 1.165) is 5.56 Å². The summed E-state index contributed by atoms with van der Waals surface area (Å²) in [6, 6.07) is 1.74. The van der Waals surface area contributed by atoms with Crippen LogP contribution >= 0.6 is 0 Å². The number of fused-ring (bicyclic) bond motifs is 1. The largest absolute Gasteiger partial charge is 0.384 e. The molecular formula is C6H6N2O2. The summed E-state index contributed by atoms with van der Waals surface area (Å²) in [5.74, 6) is 1.15. The van der Waals surface area contributed by atoms with Crippen LogP contribution in [0.2, 0.25) is 0 Å². The minimum absolute atomic E-state index is 0.460. The van der Waals surface area contributed by atoms with E-state index in [2.05, 4.69) is 9.87 Å². The van der Waals surface area contributed by atoms with Crippen molar-refractivity contribution in [2.75, 3.05) is 5.73 Å². The molecular weight excluding hydrogens is 132 g/mol. The smallest absolute Gasteiger partial charge is 0.189 e. The first-order valence-electron chi connectivity index (χ1n) is 2.90. The highest BCUT2D eigenvalue weighted by Crippen LogP contribution is 2.25. The van der Waals surface area contributed by atoms with Gasteiger partial charge < -0.3 is 10.6 Å². The van der Waals surface area contributed by atoms with Crippen LogP contribution in [0.3, 0.4) is 0 Å². The summed E-state index contributed by atoms with van der Waals surface area (Å²) in [7, 11) is 0. The normalized spacial score (nSPS) is 14.4. The summed E-state index contributed by atoms with van der Waals surface area (Å²) in [5, 5.41) is 0. The van der Waals surface area contributed by atoms with Crippen molar-refractivity contribution in [1.82, 2.24) is 4.98 Å². The first kappa shape index (κ1) is 5.49. The molecule has 0 unspecified atom stereocenters. The first-order chi connectivity index (χ1) is 4.86.